The highest BCUT2D eigenvalue weighted by Crippen LogP contribution is 2.33. The molecule has 92 valence electrons. The van der Waals surface area contributed by atoms with E-state index >= 15 is 0 Å². The van der Waals surface area contributed by atoms with E-state index < -0.39 is 0 Å². The van der Waals surface area contributed by atoms with Gasteiger partial charge in [0.1, 0.15) is 5.78 Å². The maximum Gasteiger partial charge on any atom is 0.136 e. The molecule has 0 amide bonds. The fourth-order valence-corrected chi connectivity index (χ4v) is 2.98. The fraction of sp³-hybridized carbons (Fsp3) is 0.917. The summed E-state index contributed by atoms with van der Waals surface area (Å²) in [5, 5.41) is 0. The molecule has 0 radical (unpaired) electrons. The minimum Gasteiger partial charge on any atom is -0.382 e. The Morgan fingerprint density at radius 3 is 2.44 bits per heavy atom. The average Bonchev–Trinajstić information content (AvgIpc) is 2.50. The number of carbonyl (C=O) groups is 1. The molecule has 0 spiro atoms. The summed E-state index contributed by atoms with van der Waals surface area (Å²) < 4.78 is 10.5. The molecule has 2 aliphatic rings. The van der Waals surface area contributed by atoms with E-state index in [1.165, 1.54) is 12.8 Å². The van der Waals surface area contributed by atoms with E-state index in [0.717, 1.165) is 19.4 Å². The first kappa shape index (κ1) is 12.0. The van der Waals surface area contributed by atoms with Gasteiger partial charge in [-0.25, -0.2) is 0 Å². The Morgan fingerprint density at radius 2 is 1.94 bits per heavy atom. The van der Waals surface area contributed by atoms with E-state index in [4.69, 9.17) is 9.47 Å². The molecule has 2 bridgehead atoms. The molecule has 2 aliphatic heterocycles. The SMILES string of the molecule is COCC(CN1C2CCC1CC(=O)C2)OC. The number of hydrogen-bond donors (Lipinski definition) is 0. The highest BCUT2D eigenvalue weighted by atomic mass is 16.5. The van der Waals surface area contributed by atoms with Gasteiger partial charge in [0.05, 0.1) is 12.7 Å². The van der Waals surface area contributed by atoms with Crippen LogP contribution in [-0.4, -0.2) is 56.2 Å². The molecule has 2 heterocycles. The summed E-state index contributed by atoms with van der Waals surface area (Å²) in [5.41, 5.74) is 0. The molecule has 2 rings (SSSR count). The molecule has 0 aromatic heterocycles. The highest BCUT2D eigenvalue weighted by Gasteiger charge is 2.40. The first-order valence-corrected chi connectivity index (χ1v) is 6.03. The maximum atomic E-state index is 11.5. The Kier molecular flexibility index (Phi) is 3.95. The van der Waals surface area contributed by atoms with Crippen LogP contribution in [0.4, 0.5) is 0 Å². The van der Waals surface area contributed by atoms with Gasteiger partial charge < -0.3 is 9.47 Å². The number of rotatable bonds is 5. The smallest absolute Gasteiger partial charge is 0.136 e. The molecule has 0 saturated carbocycles. The predicted molar refractivity (Wildman–Crippen MR) is 60.4 cm³/mol. The molecule has 4 nitrogen and oxygen atoms in total. The fourth-order valence-electron chi connectivity index (χ4n) is 2.98. The highest BCUT2D eigenvalue weighted by molar-refractivity contribution is 5.80. The quantitative estimate of drug-likeness (QED) is 0.698. The lowest BCUT2D eigenvalue weighted by molar-refractivity contribution is -0.124. The van der Waals surface area contributed by atoms with Crippen LogP contribution >= 0.6 is 0 Å². The monoisotopic (exact) mass is 227 g/mol. The van der Waals surface area contributed by atoms with Gasteiger partial charge in [-0.1, -0.05) is 0 Å². The first-order valence-electron chi connectivity index (χ1n) is 6.03. The number of ketones is 1. The van der Waals surface area contributed by atoms with Gasteiger partial charge in [0, 0.05) is 45.7 Å². The van der Waals surface area contributed by atoms with E-state index in [1.807, 2.05) is 0 Å². The molecule has 0 aliphatic carbocycles. The molecule has 0 aromatic carbocycles. The Hall–Kier alpha value is -0.450. The van der Waals surface area contributed by atoms with E-state index in [9.17, 15) is 4.79 Å². The largest absolute Gasteiger partial charge is 0.382 e. The zero-order valence-electron chi connectivity index (χ0n) is 10.1. The summed E-state index contributed by atoms with van der Waals surface area (Å²) in [6.45, 7) is 1.52. The van der Waals surface area contributed by atoms with E-state index in [0.29, 0.717) is 24.5 Å². The summed E-state index contributed by atoms with van der Waals surface area (Å²) in [6.07, 6.45) is 3.93. The van der Waals surface area contributed by atoms with Crippen molar-refractivity contribution in [2.45, 2.75) is 43.9 Å². The first-order chi connectivity index (χ1) is 7.74. The van der Waals surface area contributed by atoms with Crippen molar-refractivity contribution < 1.29 is 14.3 Å². The van der Waals surface area contributed by atoms with Crippen molar-refractivity contribution in [3.63, 3.8) is 0 Å². The standard InChI is InChI=1S/C12H21NO3/c1-15-8-12(16-2)7-13-9-3-4-10(13)6-11(14)5-9/h9-10,12H,3-8H2,1-2H3. The minimum atomic E-state index is 0.126. The van der Waals surface area contributed by atoms with Crippen molar-refractivity contribution in [3.8, 4) is 0 Å². The van der Waals surface area contributed by atoms with Crippen LogP contribution in [0.15, 0.2) is 0 Å². The van der Waals surface area contributed by atoms with Gasteiger partial charge in [-0.05, 0) is 12.8 Å². The molecule has 16 heavy (non-hydrogen) atoms. The second kappa shape index (κ2) is 5.25. The van der Waals surface area contributed by atoms with Crippen LogP contribution in [0.25, 0.3) is 0 Å². The Bertz CT molecular complexity index is 241. The number of carbonyl (C=O) groups excluding carboxylic acids is 1. The second-order valence-electron chi connectivity index (χ2n) is 4.84. The Labute approximate surface area is 96.9 Å². The van der Waals surface area contributed by atoms with Gasteiger partial charge in [0.2, 0.25) is 0 Å². The van der Waals surface area contributed by atoms with Crippen molar-refractivity contribution in [2.75, 3.05) is 27.4 Å². The Balaban J connectivity index is 1.92. The van der Waals surface area contributed by atoms with Gasteiger partial charge >= 0.3 is 0 Å². The summed E-state index contributed by atoms with van der Waals surface area (Å²) in [5.74, 6) is 0.435. The summed E-state index contributed by atoms with van der Waals surface area (Å²) in [4.78, 5) is 13.9. The third-order valence-electron chi connectivity index (χ3n) is 3.80. The molecular weight excluding hydrogens is 206 g/mol. The van der Waals surface area contributed by atoms with Crippen LogP contribution in [0.2, 0.25) is 0 Å². The molecule has 4 heteroatoms. The number of Topliss-reactive ketones (excluding diaryl/α,β-unsaturated/α-hetero) is 1. The zero-order chi connectivity index (χ0) is 11.5. The van der Waals surface area contributed by atoms with Crippen molar-refractivity contribution in [3.05, 3.63) is 0 Å². The summed E-state index contributed by atoms with van der Waals surface area (Å²) >= 11 is 0. The van der Waals surface area contributed by atoms with Gasteiger partial charge in [-0.3, -0.25) is 9.69 Å². The van der Waals surface area contributed by atoms with Crippen molar-refractivity contribution in [1.29, 1.82) is 0 Å². The van der Waals surface area contributed by atoms with E-state index in [1.54, 1.807) is 14.2 Å². The maximum absolute atomic E-state index is 11.5. The van der Waals surface area contributed by atoms with E-state index in [-0.39, 0.29) is 6.10 Å². The van der Waals surface area contributed by atoms with Crippen molar-refractivity contribution >= 4 is 5.78 Å². The Morgan fingerprint density at radius 1 is 1.31 bits per heavy atom. The number of piperidine rings is 1. The number of hydrogen-bond acceptors (Lipinski definition) is 4. The molecule has 3 unspecified atom stereocenters. The average molecular weight is 227 g/mol. The second-order valence-corrected chi connectivity index (χ2v) is 4.84. The van der Waals surface area contributed by atoms with Crippen LogP contribution in [0.5, 0.6) is 0 Å². The molecule has 0 N–H and O–H groups in total. The van der Waals surface area contributed by atoms with Crippen LogP contribution in [0.3, 0.4) is 0 Å². The predicted octanol–water partition coefficient (Wildman–Crippen LogP) is 0.844. The zero-order valence-corrected chi connectivity index (χ0v) is 10.1. The van der Waals surface area contributed by atoms with E-state index in [2.05, 4.69) is 4.90 Å². The number of nitrogens with zero attached hydrogens (tertiary/aromatic N) is 1. The molecule has 3 atom stereocenters. The topological polar surface area (TPSA) is 38.8 Å². The number of fused-ring (bicyclic) bond motifs is 2. The van der Waals surface area contributed by atoms with Crippen molar-refractivity contribution in [2.24, 2.45) is 0 Å². The van der Waals surface area contributed by atoms with Crippen LogP contribution in [-0.2, 0) is 14.3 Å². The lowest BCUT2D eigenvalue weighted by Gasteiger charge is -2.35. The van der Waals surface area contributed by atoms with Gasteiger partial charge in [-0.15, -0.1) is 0 Å². The normalized spacial score (nSPS) is 32.0. The van der Waals surface area contributed by atoms with Gasteiger partial charge in [0.25, 0.3) is 0 Å². The molecule has 2 fully saturated rings. The number of ether oxygens (including phenoxy) is 2. The van der Waals surface area contributed by atoms with Crippen LogP contribution in [0.1, 0.15) is 25.7 Å². The third kappa shape index (κ3) is 2.44. The lowest BCUT2D eigenvalue weighted by Crippen LogP contribution is -2.47. The molecule has 0 aromatic rings. The lowest BCUT2D eigenvalue weighted by atomic mass is 10.0. The van der Waals surface area contributed by atoms with Gasteiger partial charge in [-0.2, -0.15) is 0 Å². The molecular formula is C12H21NO3. The van der Waals surface area contributed by atoms with Crippen LogP contribution in [0, 0.1) is 0 Å². The molecule has 2 saturated heterocycles. The van der Waals surface area contributed by atoms with Crippen molar-refractivity contribution in [1.82, 2.24) is 4.90 Å². The van der Waals surface area contributed by atoms with Crippen LogP contribution < -0.4 is 0 Å². The summed E-state index contributed by atoms with van der Waals surface area (Å²) in [7, 11) is 3.42. The third-order valence-corrected chi connectivity index (χ3v) is 3.80. The minimum absolute atomic E-state index is 0.126. The summed E-state index contributed by atoms with van der Waals surface area (Å²) in [6, 6.07) is 0.918. The number of methoxy groups -OCH3 is 2. The van der Waals surface area contributed by atoms with Gasteiger partial charge in [0.15, 0.2) is 0 Å².